The molecule has 2 N–H and O–H groups in total. The van der Waals surface area contributed by atoms with Crippen LogP contribution in [0.15, 0.2) is 42.5 Å². The standard InChI is InChI=1S/C24H27FN4O3/c1-16-4-9-20-19(14-16)22(23(27(20)2)24(31)32-3)26-21(30)15-28-10-12-29(13-11-28)18-7-5-17(25)6-8-18/h4-9,14H,10-13,15H2,1-3H3,(H,26,30)/p+1. The van der Waals surface area contributed by atoms with Gasteiger partial charge in [-0.15, -0.1) is 0 Å². The van der Waals surface area contributed by atoms with Crippen molar-refractivity contribution in [3.05, 3.63) is 59.5 Å². The first kappa shape index (κ1) is 21.8. The zero-order chi connectivity index (χ0) is 22.8. The van der Waals surface area contributed by atoms with Crippen molar-refractivity contribution in [2.45, 2.75) is 6.92 Å². The molecule has 0 atom stereocenters. The number of esters is 1. The largest absolute Gasteiger partial charge is 0.464 e. The minimum absolute atomic E-state index is 0.144. The normalized spacial score (nSPS) is 14.6. The van der Waals surface area contributed by atoms with Gasteiger partial charge in [-0.25, -0.2) is 9.18 Å². The zero-order valence-electron chi connectivity index (χ0n) is 18.6. The fraction of sp³-hybridized carbons (Fsp3) is 0.333. The van der Waals surface area contributed by atoms with E-state index >= 15 is 0 Å². The summed E-state index contributed by atoms with van der Waals surface area (Å²) in [5.41, 5.74) is 3.71. The number of quaternary nitrogens is 1. The molecule has 7 nitrogen and oxygen atoms in total. The van der Waals surface area contributed by atoms with Crippen LogP contribution in [0.1, 0.15) is 16.1 Å². The topological polar surface area (TPSA) is 68.0 Å². The molecule has 1 saturated heterocycles. The maximum Gasteiger partial charge on any atom is 0.356 e. The van der Waals surface area contributed by atoms with Crippen molar-refractivity contribution < 1.29 is 23.6 Å². The van der Waals surface area contributed by atoms with Crippen molar-refractivity contribution >= 4 is 34.2 Å². The summed E-state index contributed by atoms with van der Waals surface area (Å²) in [5.74, 6) is -0.879. The number of anilines is 2. The number of rotatable bonds is 5. The summed E-state index contributed by atoms with van der Waals surface area (Å²) < 4.78 is 19.9. The fourth-order valence-electron chi connectivity index (χ4n) is 4.34. The lowest BCUT2D eigenvalue weighted by Gasteiger charge is -2.33. The summed E-state index contributed by atoms with van der Waals surface area (Å²) in [5, 5.41) is 3.79. The number of amides is 1. The number of benzene rings is 2. The second-order valence-electron chi connectivity index (χ2n) is 8.23. The second-order valence-corrected chi connectivity index (χ2v) is 8.23. The van der Waals surface area contributed by atoms with Gasteiger partial charge in [0.15, 0.2) is 12.2 Å². The first-order chi connectivity index (χ1) is 15.4. The molecule has 1 fully saturated rings. The van der Waals surface area contributed by atoms with Crippen LogP contribution in [0.25, 0.3) is 10.9 Å². The van der Waals surface area contributed by atoms with Crippen LogP contribution in [0.2, 0.25) is 0 Å². The predicted octanol–water partition coefficient (Wildman–Crippen LogP) is 1.76. The van der Waals surface area contributed by atoms with Crippen LogP contribution in [0.4, 0.5) is 15.8 Å². The molecule has 0 bridgehead atoms. The van der Waals surface area contributed by atoms with Crippen molar-refractivity contribution in [2.24, 2.45) is 7.05 Å². The number of aromatic nitrogens is 1. The molecule has 1 amide bonds. The molecule has 168 valence electrons. The van der Waals surface area contributed by atoms with Crippen LogP contribution < -0.4 is 15.1 Å². The minimum Gasteiger partial charge on any atom is -0.464 e. The number of nitrogens with one attached hydrogen (secondary N) is 2. The molecular weight excluding hydrogens is 411 g/mol. The molecule has 1 aliphatic rings. The highest BCUT2D eigenvalue weighted by molar-refractivity contribution is 6.11. The number of halogens is 1. The molecule has 0 radical (unpaired) electrons. The number of hydrogen-bond donors (Lipinski definition) is 2. The van der Waals surface area contributed by atoms with Gasteiger partial charge in [-0.3, -0.25) is 4.79 Å². The highest BCUT2D eigenvalue weighted by atomic mass is 19.1. The summed E-state index contributed by atoms with van der Waals surface area (Å²) >= 11 is 0. The quantitative estimate of drug-likeness (QED) is 0.595. The van der Waals surface area contributed by atoms with Crippen LogP contribution in [0, 0.1) is 12.7 Å². The predicted molar refractivity (Wildman–Crippen MR) is 122 cm³/mol. The van der Waals surface area contributed by atoms with E-state index in [-0.39, 0.29) is 11.7 Å². The van der Waals surface area contributed by atoms with Gasteiger partial charge in [0.2, 0.25) is 0 Å². The molecule has 1 aromatic heterocycles. The van der Waals surface area contributed by atoms with Gasteiger partial charge in [-0.05, 0) is 43.3 Å². The van der Waals surface area contributed by atoms with Crippen molar-refractivity contribution in [1.29, 1.82) is 0 Å². The van der Waals surface area contributed by atoms with Crippen LogP contribution >= 0.6 is 0 Å². The van der Waals surface area contributed by atoms with Gasteiger partial charge in [-0.1, -0.05) is 11.6 Å². The van der Waals surface area contributed by atoms with Crippen LogP contribution in [-0.2, 0) is 16.6 Å². The molecule has 3 aromatic rings. The smallest absolute Gasteiger partial charge is 0.356 e. The molecule has 0 spiro atoms. The van der Waals surface area contributed by atoms with Crippen molar-refractivity contribution in [2.75, 3.05) is 50.1 Å². The highest BCUT2D eigenvalue weighted by Gasteiger charge is 2.26. The summed E-state index contributed by atoms with van der Waals surface area (Å²) in [6.07, 6.45) is 0. The minimum atomic E-state index is -0.489. The van der Waals surface area contributed by atoms with Crippen molar-refractivity contribution in [3.63, 3.8) is 0 Å². The Morgan fingerprint density at radius 3 is 2.47 bits per heavy atom. The van der Waals surface area contributed by atoms with Gasteiger partial charge in [0, 0.05) is 18.1 Å². The molecule has 0 saturated carbocycles. The molecule has 2 heterocycles. The third-order valence-electron chi connectivity index (χ3n) is 6.07. The summed E-state index contributed by atoms with van der Waals surface area (Å²) in [6, 6.07) is 12.4. The summed E-state index contributed by atoms with van der Waals surface area (Å²) in [7, 11) is 3.13. The van der Waals surface area contributed by atoms with Crippen molar-refractivity contribution in [3.8, 4) is 0 Å². The average Bonchev–Trinajstić information content (AvgIpc) is 3.05. The Bertz CT molecular complexity index is 1150. The maximum absolute atomic E-state index is 13.2. The van der Waals surface area contributed by atoms with Gasteiger partial charge in [0.05, 0.1) is 44.5 Å². The van der Waals surface area contributed by atoms with Crippen molar-refractivity contribution in [1.82, 2.24) is 4.57 Å². The fourth-order valence-corrected chi connectivity index (χ4v) is 4.34. The number of hydrogen-bond acceptors (Lipinski definition) is 4. The number of nitrogens with zero attached hydrogens (tertiary/aromatic N) is 2. The average molecular weight is 440 g/mol. The Morgan fingerprint density at radius 2 is 1.81 bits per heavy atom. The van der Waals surface area contributed by atoms with E-state index in [2.05, 4.69) is 10.2 Å². The van der Waals surface area contributed by atoms with E-state index in [0.29, 0.717) is 17.9 Å². The third-order valence-corrected chi connectivity index (χ3v) is 6.07. The summed E-state index contributed by atoms with van der Waals surface area (Å²) in [6.45, 7) is 5.44. The van der Waals surface area contributed by atoms with E-state index in [1.54, 1.807) is 23.7 Å². The maximum atomic E-state index is 13.2. The number of piperazine rings is 1. The number of ether oxygens (including phenoxy) is 1. The first-order valence-corrected chi connectivity index (χ1v) is 10.7. The third kappa shape index (κ3) is 4.31. The highest BCUT2D eigenvalue weighted by Crippen LogP contribution is 2.31. The van der Waals surface area contributed by atoms with E-state index in [1.165, 1.54) is 19.2 Å². The number of carbonyl (C=O) groups excluding carboxylic acids is 2. The Morgan fingerprint density at radius 1 is 1.12 bits per heavy atom. The lowest BCUT2D eigenvalue weighted by Crippen LogP contribution is -3.15. The second kappa shape index (κ2) is 9.00. The SMILES string of the molecule is COC(=O)c1c(NC(=O)C[NH+]2CCN(c3ccc(F)cc3)CC2)c2cc(C)ccc2n1C. The summed E-state index contributed by atoms with van der Waals surface area (Å²) in [4.78, 5) is 28.7. The Balaban J connectivity index is 1.46. The van der Waals surface area contributed by atoms with Crippen LogP contribution in [0.3, 0.4) is 0 Å². The molecular formula is C24H28FN4O3+. The number of aryl methyl sites for hydroxylation is 2. The molecule has 0 aliphatic carbocycles. The molecule has 0 unspecified atom stereocenters. The van der Waals surface area contributed by atoms with Gasteiger partial charge >= 0.3 is 5.97 Å². The molecule has 1 aliphatic heterocycles. The van der Waals surface area contributed by atoms with E-state index in [1.807, 2.05) is 25.1 Å². The van der Waals surface area contributed by atoms with E-state index < -0.39 is 5.97 Å². The van der Waals surface area contributed by atoms with Crippen LogP contribution in [-0.4, -0.2) is 56.3 Å². The van der Waals surface area contributed by atoms with Gasteiger partial charge in [-0.2, -0.15) is 0 Å². The Hall–Kier alpha value is -3.39. The van der Waals surface area contributed by atoms with Gasteiger partial charge in [0.1, 0.15) is 5.82 Å². The van der Waals surface area contributed by atoms with Gasteiger partial charge in [0.25, 0.3) is 5.91 Å². The lowest BCUT2D eigenvalue weighted by atomic mass is 10.1. The Labute approximate surface area is 186 Å². The molecule has 4 rings (SSSR count). The zero-order valence-corrected chi connectivity index (χ0v) is 18.6. The monoisotopic (exact) mass is 439 g/mol. The van der Waals surface area contributed by atoms with E-state index in [9.17, 15) is 14.0 Å². The number of carbonyl (C=O) groups is 2. The van der Waals surface area contributed by atoms with Crippen LogP contribution in [0.5, 0.6) is 0 Å². The molecule has 32 heavy (non-hydrogen) atoms. The van der Waals surface area contributed by atoms with E-state index in [4.69, 9.17) is 4.74 Å². The van der Waals surface area contributed by atoms with Gasteiger partial charge < -0.3 is 24.4 Å². The van der Waals surface area contributed by atoms with E-state index in [0.717, 1.165) is 53.2 Å². The number of methoxy groups -OCH3 is 1. The lowest BCUT2D eigenvalue weighted by molar-refractivity contribution is -0.892. The number of fused-ring (bicyclic) bond motifs is 1. The first-order valence-electron chi connectivity index (χ1n) is 10.7. The molecule has 2 aromatic carbocycles. The molecule has 8 heteroatoms. The Kier molecular flexibility index (Phi) is 6.14.